The molecule has 1 aromatic carbocycles. The molecule has 1 aromatic heterocycles. The molecule has 0 aliphatic carbocycles. The molecule has 0 atom stereocenters. The summed E-state index contributed by atoms with van der Waals surface area (Å²) in [7, 11) is 0. The van der Waals surface area contributed by atoms with Gasteiger partial charge in [-0.05, 0) is 56.9 Å². The number of fused-ring (bicyclic) bond motifs is 1. The minimum Gasteiger partial charge on any atom is -0.378 e. The minimum absolute atomic E-state index is 0.398. The highest BCUT2D eigenvalue weighted by Gasteiger charge is 2.21. The van der Waals surface area contributed by atoms with Crippen LogP contribution in [0.3, 0.4) is 0 Å². The number of rotatable bonds is 6. The van der Waals surface area contributed by atoms with Crippen LogP contribution in [0.2, 0.25) is 5.02 Å². The number of hydrogen-bond acceptors (Lipinski definition) is 2. The second-order valence-electron chi connectivity index (χ2n) is 6.63. The Morgan fingerprint density at radius 3 is 2.88 bits per heavy atom. The predicted octanol–water partition coefficient (Wildman–Crippen LogP) is 3.83. The van der Waals surface area contributed by atoms with Gasteiger partial charge in [-0.1, -0.05) is 11.6 Å². The van der Waals surface area contributed by atoms with Crippen molar-refractivity contribution in [2.24, 2.45) is 4.99 Å². The van der Waals surface area contributed by atoms with E-state index in [9.17, 15) is 0 Å². The molecule has 1 saturated heterocycles. The monoisotopic (exact) mass is 376 g/mol. The number of likely N-dealkylation sites (tertiary alicyclic amines) is 1. The summed E-state index contributed by atoms with van der Waals surface area (Å²) >= 11 is 6.14. The van der Waals surface area contributed by atoms with E-state index in [-0.39, 0.29) is 0 Å². The zero-order valence-electron chi connectivity index (χ0n) is 15.7. The molecular weight excluding hydrogens is 348 g/mol. The lowest BCUT2D eigenvalue weighted by Crippen LogP contribution is -2.47. The summed E-state index contributed by atoms with van der Waals surface area (Å²) in [6.45, 7) is 8.62. The molecule has 6 heteroatoms. The van der Waals surface area contributed by atoms with Crippen LogP contribution in [-0.2, 0) is 11.2 Å². The predicted molar refractivity (Wildman–Crippen MR) is 109 cm³/mol. The van der Waals surface area contributed by atoms with E-state index in [1.807, 2.05) is 18.2 Å². The Balaban J connectivity index is 1.61. The van der Waals surface area contributed by atoms with Crippen LogP contribution in [0.1, 0.15) is 32.3 Å². The highest BCUT2D eigenvalue weighted by molar-refractivity contribution is 6.31. The van der Waals surface area contributed by atoms with Gasteiger partial charge in [0.1, 0.15) is 0 Å². The SMILES string of the molecule is CCNC(=NCCc1c[nH]c2ccc(Cl)cc12)N1CCC(OCC)CC1. The highest BCUT2D eigenvalue weighted by atomic mass is 35.5. The van der Waals surface area contributed by atoms with Crippen molar-refractivity contribution in [3.63, 3.8) is 0 Å². The van der Waals surface area contributed by atoms with Crippen LogP contribution < -0.4 is 5.32 Å². The van der Waals surface area contributed by atoms with Crippen molar-refractivity contribution in [1.29, 1.82) is 0 Å². The van der Waals surface area contributed by atoms with Crippen molar-refractivity contribution in [1.82, 2.24) is 15.2 Å². The molecule has 26 heavy (non-hydrogen) atoms. The molecule has 2 heterocycles. The molecule has 2 aromatic rings. The number of benzene rings is 1. The number of nitrogens with one attached hydrogen (secondary N) is 2. The molecule has 1 aliphatic rings. The number of hydrogen-bond donors (Lipinski definition) is 2. The van der Waals surface area contributed by atoms with Crippen molar-refractivity contribution >= 4 is 28.5 Å². The maximum atomic E-state index is 6.14. The van der Waals surface area contributed by atoms with Crippen LogP contribution in [0, 0.1) is 0 Å². The van der Waals surface area contributed by atoms with Crippen LogP contribution in [0.25, 0.3) is 10.9 Å². The van der Waals surface area contributed by atoms with E-state index < -0.39 is 0 Å². The Morgan fingerprint density at radius 1 is 1.35 bits per heavy atom. The largest absolute Gasteiger partial charge is 0.378 e. The minimum atomic E-state index is 0.398. The molecule has 1 fully saturated rings. The van der Waals surface area contributed by atoms with Gasteiger partial charge in [0.15, 0.2) is 5.96 Å². The van der Waals surface area contributed by atoms with Crippen molar-refractivity contribution in [2.45, 2.75) is 39.2 Å². The first kappa shape index (κ1) is 19.1. The van der Waals surface area contributed by atoms with Gasteiger partial charge >= 0.3 is 0 Å². The van der Waals surface area contributed by atoms with Gasteiger partial charge in [0.2, 0.25) is 0 Å². The second kappa shape index (κ2) is 9.28. The van der Waals surface area contributed by atoms with Gasteiger partial charge in [0, 0.05) is 54.9 Å². The zero-order chi connectivity index (χ0) is 18.4. The number of nitrogens with zero attached hydrogens (tertiary/aromatic N) is 2. The fraction of sp³-hybridized carbons (Fsp3) is 0.550. The van der Waals surface area contributed by atoms with Crippen LogP contribution >= 0.6 is 11.6 Å². The number of piperidine rings is 1. The summed E-state index contributed by atoms with van der Waals surface area (Å²) in [5.41, 5.74) is 2.38. The quantitative estimate of drug-likeness (QED) is 0.595. The average Bonchev–Trinajstić information content (AvgIpc) is 3.04. The van der Waals surface area contributed by atoms with Crippen molar-refractivity contribution in [2.75, 3.05) is 32.8 Å². The van der Waals surface area contributed by atoms with Gasteiger partial charge in [-0.3, -0.25) is 4.99 Å². The van der Waals surface area contributed by atoms with Gasteiger partial charge in [0.05, 0.1) is 6.10 Å². The molecule has 2 N–H and O–H groups in total. The summed E-state index contributed by atoms with van der Waals surface area (Å²) in [6, 6.07) is 5.96. The number of guanidine groups is 1. The first-order chi connectivity index (χ1) is 12.7. The standard InChI is InChI=1S/C20H29ClN4O/c1-3-22-20(25-11-8-17(9-12-25)26-4-2)23-10-7-15-14-24-19-6-5-16(21)13-18(15)19/h5-6,13-14,17,24H,3-4,7-12H2,1-2H3,(H,22,23). The average molecular weight is 377 g/mol. The van der Waals surface area contributed by atoms with E-state index in [4.69, 9.17) is 21.3 Å². The fourth-order valence-electron chi connectivity index (χ4n) is 3.54. The molecule has 142 valence electrons. The van der Waals surface area contributed by atoms with Gasteiger partial charge in [-0.15, -0.1) is 0 Å². The van der Waals surface area contributed by atoms with Crippen LogP contribution in [0.5, 0.6) is 0 Å². The van der Waals surface area contributed by atoms with E-state index in [0.29, 0.717) is 6.10 Å². The molecule has 0 unspecified atom stereocenters. The molecule has 3 rings (SSSR count). The van der Waals surface area contributed by atoms with Crippen molar-refractivity contribution in [3.05, 3.63) is 35.0 Å². The third-order valence-corrected chi connectivity index (χ3v) is 5.09. The first-order valence-corrected chi connectivity index (χ1v) is 9.99. The number of ether oxygens (including phenoxy) is 1. The Hall–Kier alpha value is -1.72. The number of aromatic nitrogens is 1. The second-order valence-corrected chi connectivity index (χ2v) is 7.07. The normalized spacial score (nSPS) is 16.4. The molecule has 1 aliphatic heterocycles. The molecule has 0 saturated carbocycles. The van der Waals surface area contributed by atoms with Gasteiger partial charge < -0.3 is 19.9 Å². The van der Waals surface area contributed by atoms with Gasteiger partial charge in [-0.25, -0.2) is 0 Å². The summed E-state index contributed by atoms with van der Waals surface area (Å²) in [4.78, 5) is 10.5. The molecular formula is C20H29ClN4O. The van der Waals surface area contributed by atoms with E-state index in [1.165, 1.54) is 10.9 Å². The number of aliphatic imine (C=N–C) groups is 1. The Labute approximate surface area is 160 Å². The summed E-state index contributed by atoms with van der Waals surface area (Å²) in [5.74, 6) is 1.01. The molecule has 0 bridgehead atoms. The van der Waals surface area contributed by atoms with Gasteiger partial charge in [-0.2, -0.15) is 0 Å². The summed E-state index contributed by atoms with van der Waals surface area (Å²) in [6.07, 6.45) is 5.50. The van der Waals surface area contributed by atoms with E-state index >= 15 is 0 Å². The van der Waals surface area contributed by atoms with Crippen LogP contribution in [-0.4, -0.2) is 54.7 Å². The Kier molecular flexibility index (Phi) is 6.80. The smallest absolute Gasteiger partial charge is 0.193 e. The van der Waals surface area contributed by atoms with E-state index in [1.54, 1.807) is 0 Å². The number of aromatic amines is 1. The Bertz CT molecular complexity index is 734. The topological polar surface area (TPSA) is 52.7 Å². The van der Waals surface area contributed by atoms with Crippen molar-refractivity contribution in [3.8, 4) is 0 Å². The maximum absolute atomic E-state index is 6.14. The lowest BCUT2D eigenvalue weighted by atomic mass is 10.1. The highest BCUT2D eigenvalue weighted by Crippen LogP contribution is 2.22. The number of H-pyrrole nitrogens is 1. The molecule has 5 nitrogen and oxygen atoms in total. The maximum Gasteiger partial charge on any atom is 0.193 e. The lowest BCUT2D eigenvalue weighted by Gasteiger charge is -2.34. The van der Waals surface area contributed by atoms with Gasteiger partial charge in [0.25, 0.3) is 0 Å². The van der Waals surface area contributed by atoms with Crippen LogP contribution in [0.4, 0.5) is 0 Å². The molecule has 0 radical (unpaired) electrons. The first-order valence-electron chi connectivity index (χ1n) is 9.61. The third-order valence-electron chi connectivity index (χ3n) is 4.85. The Morgan fingerprint density at radius 2 is 2.15 bits per heavy atom. The molecule has 0 amide bonds. The number of halogens is 1. The van der Waals surface area contributed by atoms with Crippen LogP contribution in [0.15, 0.2) is 29.4 Å². The summed E-state index contributed by atoms with van der Waals surface area (Å²) in [5, 5.41) is 5.39. The fourth-order valence-corrected chi connectivity index (χ4v) is 3.71. The van der Waals surface area contributed by atoms with E-state index in [0.717, 1.165) is 68.5 Å². The third kappa shape index (κ3) is 4.71. The van der Waals surface area contributed by atoms with E-state index in [2.05, 4.69) is 35.2 Å². The molecule has 0 spiro atoms. The summed E-state index contributed by atoms with van der Waals surface area (Å²) < 4.78 is 5.75. The lowest BCUT2D eigenvalue weighted by molar-refractivity contribution is 0.0264. The zero-order valence-corrected chi connectivity index (χ0v) is 16.5. The van der Waals surface area contributed by atoms with Crippen molar-refractivity contribution < 1.29 is 4.74 Å².